The summed E-state index contributed by atoms with van der Waals surface area (Å²) in [7, 11) is 3.95. The zero-order chi connectivity index (χ0) is 8.97. The molecule has 0 unspecified atom stereocenters. The summed E-state index contributed by atoms with van der Waals surface area (Å²) < 4.78 is 0. The van der Waals surface area contributed by atoms with Crippen molar-refractivity contribution in [2.75, 3.05) is 14.1 Å². The highest BCUT2D eigenvalue weighted by molar-refractivity contribution is 7.13. The van der Waals surface area contributed by atoms with Gasteiger partial charge in [-0.25, -0.2) is 4.99 Å². The van der Waals surface area contributed by atoms with Crippen LogP contribution in [0.1, 0.15) is 13.3 Å². The van der Waals surface area contributed by atoms with Crippen molar-refractivity contribution in [1.82, 2.24) is 15.1 Å². The average molecular weight is 184 g/mol. The molecule has 1 aromatic heterocycles. The molecule has 4 nitrogen and oxygen atoms in total. The summed E-state index contributed by atoms with van der Waals surface area (Å²) in [5.41, 5.74) is 1.68. The molecule has 1 rings (SSSR count). The van der Waals surface area contributed by atoms with E-state index in [9.17, 15) is 0 Å². The van der Waals surface area contributed by atoms with Crippen molar-refractivity contribution in [3.8, 4) is 0 Å². The maximum absolute atomic E-state index is 4.32. The molecule has 0 aliphatic heterocycles. The number of hydrogen-bond acceptors (Lipinski definition) is 4. The highest BCUT2D eigenvalue weighted by atomic mass is 32.1. The largest absolute Gasteiger partial charge is 0.366 e. The van der Waals surface area contributed by atoms with Crippen molar-refractivity contribution < 1.29 is 0 Å². The molecule has 0 saturated heterocycles. The maximum atomic E-state index is 4.32. The minimum Gasteiger partial charge on any atom is -0.366 e. The van der Waals surface area contributed by atoms with Gasteiger partial charge in [0.05, 0.1) is 0 Å². The van der Waals surface area contributed by atoms with Crippen molar-refractivity contribution in [2.24, 2.45) is 4.99 Å². The van der Waals surface area contributed by atoms with Crippen LogP contribution >= 0.6 is 11.3 Å². The lowest BCUT2D eigenvalue weighted by Crippen LogP contribution is -2.20. The van der Waals surface area contributed by atoms with Gasteiger partial charge in [-0.2, -0.15) is 0 Å². The fourth-order valence-corrected chi connectivity index (χ4v) is 1.26. The Bertz CT molecular complexity index is 252. The van der Waals surface area contributed by atoms with Crippen LogP contribution in [0, 0.1) is 0 Å². The summed E-state index contributed by atoms with van der Waals surface area (Å²) in [6, 6.07) is 0. The van der Waals surface area contributed by atoms with E-state index in [1.165, 1.54) is 11.3 Å². The summed E-state index contributed by atoms with van der Waals surface area (Å²) in [6.45, 7) is 2.07. The van der Waals surface area contributed by atoms with Crippen LogP contribution in [0.3, 0.4) is 0 Å². The van der Waals surface area contributed by atoms with Gasteiger partial charge in [-0.1, -0.05) is 18.3 Å². The number of nitrogens with zero attached hydrogens (tertiary/aromatic N) is 4. The highest BCUT2D eigenvalue weighted by Gasteiger charge is 2.00. The van der Waals surface area contributed by atoms with E-state index in [-0.39, 0.29) is 0 Å². The Morgan fingerprint density at radius 2 is 2.42 bits per heavy atom. The monoisotopic (exact) mass is 184 g/mol. The van der Waals surface area contributed by atoms with E-state index in [1.54, 1.807) is 5.51 Å². The fraction of sp³-hybridized carbons (Fsp3) is 0.571. The number of amidine groups is 1. The third-order valence-corrected chi connectivity index (χ3v) is 1.99. The van der Waals surface area contributed by atoms with Crippen molar-refractivity contribution in [3.63, 3.8) is 0 Å². The summed E-state index contributed by atoms with van der Waals surface area (Å²) >= 11 is 1.45. The molecule has 0 saturated carbocycles. The van der Waals surface area contributed by atoms with E-state index in [2.05, 4.69) is 22.1 Å². The molecule has 0 aromatic carbocycles. The van der Waals surface area contributed by atoms with Gasteiger partial charge in [0.1, 0.15) is 11.3 Å². The molecule has 1 heterocycles. The third kappa shape index (κ3) is 2.27. The second-order valence-corrected chi connectivity index (χ2v) is 3.31. The number of hydrogen-bond donors (Lipinski definition) is 0. The zero-order valence-corrected chi connectivity index (χ0v) is 8.30. The Labute approximate surface area is 76.0 Å². The van der Waals surface area contributed by atoms with Crippen LogP contribution in [0.15, 0.2) is 10.5 Å². The van der Waals surface area contributed by atoms with Gasteiger partial charge in [-0.05, 0) is 0 Å². The average Bonchev–Trinajstić information content (AvgIpc) is 2.51. The molecular formula is C7H12N4S. The van der Waals surface area contributed by atoms with Gasteiger partial charge < -0.3 is 4.90 Å². The molecule has 0 N–H and O–H groups in total. The predicted molar refractivity (Wildman–Crippen MR) is 51.0 cm³/mol. The standard InChI is InChI=1S/C7H12N4S/c1-4-6(11(2)3)9-7-10-8-5-12-7/h5H,4H2,1-3H3/b9-6-. The molecule has 0 spiro atoms. The van der Waals surface area contributed by atoms with Gasteiger partial charge in [-0.3, -0.25) is 0 Å². The maximum Gasteiger partial charge on any atom is 0.233 e. The smallest absolute Gasteiger partial charge is 0.233 e. The number of aliphatic imine (C=N–C) groups is 1. The summed E-state index contributed by atoms with van der Waals surface area (Å²) in [5.74, 6) is 1.02. The van der Waals surface area contributed by atoms with Crippen molar-refractivity contribution >= 4 is 22.3 Å². The summed E-state index contributed by atoms with van der Waals surface area (Å²) in [4.78, 5) is 6.31. The van der Waals surface area contributed by atoms with Gasteiger partial charge in [0.2, 0.25) is 5.13 Å². The van der Waals surface area contributed by atoms with Crippen LogP contribution in [0.5, 0.6) is 0 Å². The van der Waals surface area contributed by atoms with E-state index in [4.69, 9.17) is 0 Å². The van der Waals surface area contributed by atoms with Crippen LogP contribution < -0.4 is 0 Å². The Morgan fingerprint density at radius 1 is 1.67 bits per heavy atom. The van der Waals surface area contributed by atoms with Crippen LogP contribution in [0.4, 0.5) is 5.13 Å². The van der Waals surface area contributed by atoms with Gasteiger partial charge in [0, 0.05) is 20.5 Å². The van der Waals surface area contributed by atoms with Crippen LogP contribution in [0.25, 0.3) is 0 Å². The normalized spacial score (nSPS) is 11.8. The minimum absolute atomic E-state index is 0.723. The Balaban J connectivity index is 2.78. The van der Waals surface area contributed by atoms with Crippen LogP contribution in [-0.2, 0) is 0 Å². The van der Waals surface area contributed by atoms with Crippen molar-refractivity contribution in [2.45, 2.75) is 13.3 Å². The molecule has 0 radical (unpaired) electrons. The predicted octanol–water partition coefficient (Wildman–Crippen LogP) is 1.54. The Kier molecular flexibility index (Phi) is 3.16. The van der Waals surface area contributed by atoms with Gasteiger partial charge in [0.25, 0.3) is 0 Å². The van der Waals surface area contributed by atoms with Crippen molar-refractivity contribution in [3.05, 3.63) is 5.51 Å². The molecular weight excluding hydrogens is 172 g/mol. The van der Waals surface area contributed by atoms with E-state index >= 15 is 0 Å². The van der Waals surface area contributed by atoms with Gasteiger partial charge in [0.15, 0.2) is 0 Å². The lowest BCUT2D eigenvalue weighted by atomic mass is 10.4. The molecule has 1 aromatic rings. The lowest BCUT2D eigenvalue weighted by molar-refractivity contribution is 0.607. The summed E-state index contributed by atoms with van der Waals surface area (Å²) in [5, 5.41) is 8.28. The molecule has 0 fully saturated rings. The highest BCUT2D eigenvalue weighted by Crippen LogP contribution is 2.13. The second-order valence-electron chi connectivity index (χ2n) is 2.50. The summed E-state index contributed by atoms with van der Waals surface area (Å²) in [6.07, 6.45) is 0.909. The van der Waals surface area contributed by atoms with E-state index in [0.29, 0.717) is 0 Å². The molecule has 0 amide bonds. The first-order valence-electron chi connectivity index (χ1n) is 3.75. The lowest BCUT2D eigenvalue weighted by Gasteiger charge is -2.12. The van der Waals surface area contributed by atoms with Crippen LogP contribution in [-0.4, -0.2) is 35.0 Å². The van der Waals surface area contributed by atoms with E-state index in [1.807, 2.05) is 19.0 Å². The van der Waals surface area contributed by atoms with Crippen LogP contribution in [0.2, 0.25) is 0 Å². The first-order chi connectivity index (χ1) is 5.74. The Hall–Kier alpha value is -0.970. The molecule has 0 atom stereocenters. The Morgan fingerprint density at radius 3 is 2.83 bits per heavy atom. The third-order valence-electron chi connectivity index (χ3n) is 1.41. The van der Waals surface area contributed by atoms with Crippen molar-refractivity contribution in [1.29, 1.82) is 0 Å². The molecule has 0 aliphatic rings. The molecule has 5 heteroatoms. The SMILES string of the molecule is CC/C(=N/c1nncs1)N(C)C. The van der Waals surface area contributed by atoms with E-state index < -0.39 is 0 Å². The fourth-order valence-electron chi connectivity index (χ4n) is 0.822. The van der Waals surface area contributed by atoms with E-state index in [0.717, 1.165) is 17.4 Å². The van der Waals surface area contributed by atoms with Gasteiger partial charge >= 0.3 is 0 Å². The quantitative estimate of drug-likeness (QED) is 0.517. The molecule has 0 bridgehead atoms. The minimum atomic E-state index is 0.723. The van der Waals surface area contributed by atoms with Gasteiger partial charge in [-0.15, -0.1) is 10.2 Å². The topological polar surface area (TPSA) is 41.4 Å². The number of aromatic nitrogens is 2. The first-order valence-corrected chi connectivity index (χ1v) is 4.63. The zero-order valence-electron chi connectivity index (χ0n) is 7.48. The number of rotatable bonds is 2. The molecule has 12 heavy (non-hydrogen) atoms. The molecule has 0 aliphatic carbocycles. The first kappa shape index (κ1) is 9.12. The molecule has 66 valence electrons. The second kappa shape index (κ2) is 4.15.